The van der Waals surface area contributed by atoms with Crippen molar-refractivity contribution in [1.29, 1.82) is 0 Å². The van der Waals surface area contributed by atoms with Gasteiger partial charge >= 0.3 is 0 Å². The number of aliphatic hydroxyl groups is 1. The normalized spacial score (nSPS) is 10.7. The van der Waals surface area contributed by atoms with E-state index in [4.69, 9.17) is 0 Å². The molecule has 1 aromatic heterocycles. The lowest BCUT2D eigenvalue weighted by Crippen LogP contribution is -3.00. The van der Waals surface area contributed by atoms with E-state index in [2.05, 4.69) is 19.1 Å². The van der Waals surface area contributed by atoms with Crippen LogP contribution in [0.5, 0.6) is 0 Å². The summed E-state index contributed by atoms with van der Waals surface area (Å²) in [5.74, 6) is 0. The third-order valence-electron chi connectivity index (χ3n) is 5.47. The molecule has 27 heavy (non-hydrogen) atoms. The first-order chi connectivity index (χ1) is 12.9. The average Bonchev–Trinajstić information content (AvgIpc) is 2.68. The molecule has 0 aliphatic rings. The average molecular weight is 398 g/mol. The Labute approximate surface area is 175 Å². The maximum absolute atomic E-state index is 9.32. The van der Waals surface area contributed by atoms with Gasteiger partial charge in [-0.2, -0.15) is 4.57 Å². The molecule has 1 N–H and O–H groups in total. The second kappa shape index (κ2) is 20.1. The molecule has 2 nitrogen and oxygen atoms in total. The first-order valence-corrected chi connectivity index (χ1v) is 11.5. The predicted molar refractivity (Wildman–Crippen MR) is 112 cm³/mol. The van der Waals surface area contributed by atoms with Crippen LogP contribution in [-0.4, -0.2) is 5.11 Å². The summed E-state index contributed by atoms with van der Waals surface area (Å²) in [6.45, 7) is 2.38. The molecule has 1 aromatic rings. The molecular weight excluding hydrogens is 354 g/mol. The van der Waals surface area contributed by atoms with Crippen LogP contribution >= 0.6 is 0 Å². The van der Waals surface area contributed by atoms with Crippen molar-refractivity contribution in [3.05, 3.63) is 30.1 Å². The third kappa shape index (κ3) is 15.0. The summed E-state index contributed by atoms with van der Waals surface area (Å²) >= 11 is 0. The van der Waals surface area contributed by atoms with Gasteiger partial charge in [-0.3, -0.25) is 0 Å². The van der Waals surface area contributed by atoms with Crippen LogP contribution in [-0.2, 0) is 13.2 Å². The molecule has 0 aromatic carbocycles. The van der Waals surface area contributed by atoms with E-state index in [-0.39, 0.29) is 19.1 Å². The highest BCUT2D eigenvalue weighted by atomic mass is 35.5. The molecule has 0 atom stereocenters. The Morgan fingerprint density at radius 1 is 0.667 bits per heavy atom. The second-order valence-corrected chi connectivity index (χ2v) is 7.86. The van der Waals surface area contributed by atoms with Crippen LogP contribution < -0.4 is 17.0 Å². The Balaban J connectivity index is 0.00000676. The van der Waals surface area contributed by atoms with Crippen molar-refractivity contribution in [3.63, 3.8) is 0 Å². The Morgan fingerprint density at radius 3 is 1.56 bits per heavy atom. The van der Waals surface area contributed by atoms with Gasteiger partial charge in [0.25, 0.3) is 0 Å². The fourth-order valence-corrected chi connectivity index (χ4v) is 3.73. The molecule has 158 valence electrons. The fraction of sp³-hybridized carbons (Fsp3) is 0.792. The molecule has 0 saturated carbocycles. The van der Waals surface area contributed by atoms with Crippen molar-refractivity contribution >= 4 is 0 Å². The fourth-order valence-electron chi connectivity index (χ4n) is 3.73. The molecule has 1 heterocycles. The van der Waals surface area contributed by atoms with Gasteiger partial charge < -0.3 is 17.5 Å². The highest BCUT2D eigenvalue weighted by Crippen LogP contribution is 2.14. The van der Waals surface area contributed by atoms with Gasteiger partial charge in [0.05, 0.1) is 0 Å². The highest BCUT2D eigenvalue weighted by molar-refractivity contribution is 4.97. The molecule has 0 bridgehead atoms. The van der Waals surface area contributed by atoms with Gasteiger partial charge in [-0.05, 0) is 6.42 Å². The summed E-state index contributed by atoms with van der Waals surface area (Å²) in [5, 5.41) is 9.32. The molecule has 0 aliphatic heterocycles. The molecule has 0 radical (unpaired) electrons. The minimum absolute atomic E-state index is 0. The Hall–Kier alpha value is -0.600. The summed E-state index contributed by atoms with van der Waals surface area (Å²) in [4.78, 5) is 0. The van der Waals surface area contributed by atoms with Gasteiger partial charge in [0, 0.05) is 18.6 Å². The first kappa shape index (κ1) is 26.4. The van der Waals surface area contributed by atoms with Gasteiger partial charge in [0.2, 0.25) is 6.73 Å². The predicted octanol–water partition coefficient (Wildman–Crippen LogP) is 3.73. The van der Waals surface area contributed by atoms with E-state index in [1.165, 1.54) is 108 Å². The quantitative estimate of drug-likeness (QED) is 0.296. The smallest absolute Gasteiger partial charge is 0.250 e. The topological polar surface area (TPSA) is 24.1 Å². The zero-order valence-corrected chi connectivity index (χ0v) is 18.6. The number of halogens is 1. The van der Waals surface area contributed by atoms with Crippen molar-refractivity contribution < 1.29 is 22.1 Å². The maximum Gasteiger partial charge on any atom is 0.250 e. The lowest BCUT2D eigenvalue weighted by atomic mass is 10.0. The lowest BCUT2D eigenvalue weighted by molar-refractivity contribution is -0.736. The van der Waals surface area contributed by atoms with Gasteiger partial charge in [-0.25, -0.2) is 0 Å². The second-order valence-electron chi connectivity index (χ2n) is 7.86. The molecule has 0 aliphatic carbocycles. The zero-order valence-electron chi connectivity index (χ0n) is 17.8. The molecule has 3 heteroatoms. The van der Waals surface area contributed by atoms with Crippen LogP contribution in [0.2, 0.25) is 0 Å². The minimum atomic E-state index is 0. The van der Waals surface area contributed by atoms with Crippen molar-refractivity contribution in [2.75, 3.05) is 0 Å². The monoisotopic (exact) mass is 397 g/mol. The Bertz CT molecular complexity index is 425. The molecule has 0 spiro atoms. The SMILES string of the molecule is CCCCCCCCCCCCCCCCCCc1cccc[n+]1CO.[Cl-]. The number of aliphatic hydroxyl groups excluding tert-OH is 1. The molecule has 0 amide bonds. The van der Waals surface area contributed by atoms with Gasteiger partial charge in [-0.15, -0.1) is 0 Å². The van der Waals surface area contributed by atoms with Crippen molar-refractivity contribution in [3.8, 4) is 0 Å². The van der Waals surface area contributed by atoms with Crippen LogP contribution in [0.1, 0.15) is 115 Å². The first-order valence-electron chi connectivity index (χ1n) is 11.5. The summed E-state index contributed by atoms with van der Waals surface area (Å²) < 4.78 is 1.94. The van der Waals surface area contributed by atoms with Crippen LogP contribution in [0.15, 0.2) is 24.4 Å². The molecule has 0 fully saturated rings. The Kier molecular flexibility index (Phi) is 19.7. The van der Waals surface area contributed by atoms with E-state index < -0.39 is 0 Å². The number of aryl methyl sites for hydroxylation is 1. The number of hydrogen-bond acceptors (Lipinski definition) is 1. The van der Waals surface area contributed by atoms with E-state index in [0.717, 1.165) is 6.42 Å². The number of pyridine rings is 1. The summed E-state index contributed by atoms with van der Waals surface area (Å²) in [5.41, 5.74) is 1.25. The largest absolute Gasteiger partial charge is 1.00 e. The molecule has 0 saturated heterocycles. The van der Waals surface area contributed by atoms with E-state index in [0.29, 0.717) is 0 Å². The number of aromatic nitrogens is 1. The molecule has 1 rings (SSSR count). The van der Waals surface area contributed by atoms with E-state index in [9.17, 15) is 5.11 Å². The summed E-state index contributed by atoms with van der Waals surface area (Å²) in [7, 11) is 0. The summed E-state index contributed by atoms with van der Waals surface area (Å²) in [6.07, 6.45) is 25.6. The van der Waals surface area contributed by atoms with Crippen LogP contribution in [0.3, 0.4) is 0 Å². The van der Waals surface area contributed by atoms with Crippen LogP contribution in [0.4, 0.5) is 0 Å². The van der Waals surface area contributed by atoms with Gasteiger partial charge in [0.1, 0.15) is 0 Å². The minimum Gasteiger partial charge on any atom is -1.00 e. The number of rotatable bonds is 18. The van der Waals surface area contributed by atoms with E-state index in [1.807, 2.05) is 16.8 Å². The zero-order chi connectivity index (χ0) is 18.7. The van der Waals surface area contributed by atoms with E-state index >= 15 is 0 Å². The third-order valence-corrected chi connectivity index (χ3v) is 5.47. The number of unbranched alkanes of at least 4 members (excludes halogenated alkanes) is 15. The van der Waals surface area contributed by atoms with E-state index in [1.54, 1.807) is 0 Å². The lowest BCUT2D eigenvalue weighted by Gasteiger charge is -2.04. The molecule has 0 unspecified atom stereocenters. The number of nitrogens with zero attached hydrogens (tertiary/aromatic N) is 1. The van der Waals surface area contributed by atoms with Crippen molar-refractivity contribution in [2.24, 2.45) is 0 Å². The van der Waals surface area contributed by atoms with Crippen molar-refractivity contribution in [2.45, 2.75) is 123 Å². The van der Waals surface area contributed by atoms with Crippen LogP contribution in [0.25, 0.3) is 0 Å². The highest BCUT2D eigenvalue weighted by Gasteiger charge is 2.06. The van der Waals surface area contributed by atoms with Gasteiger partial charge in [-0.1, -0.05) is 109 Å². The molecular formula is C24H44ClNO. The van der Waals surface area contributed by atoms with Gasteiger partial charge in [0.15, 0.2) is 11.9 Å². The standard InChI is InChI=1S/C24H44NO.ClH/c1-2-3-4-5-6-7-8-9-10-11-12-13-14-15-16-17-20-24-21-18-19-22-25(24)23-26;/h18-19,21-22,26H,2-17,20,23H2,1H3;1H/q+1;/p-1. The summed E-state index contributed by atoms with van der Waals surface area (Å²) in [6, 6.07) is 6.17. The Morgan fingerprint density at radius 2 is 1.11 bits per heavy atom. The maximum atomic E-state index is 9.32. The number of hydrogen-bond donors (Lipinski definition) is 1. The van der Waals surface area contributed by atoms with Crippen LogP contribution in [0, 0.1) is 0 Å². The van der Waals surface area contributed by atoms with Crippen molar-refractivity contribution in [1.82, 2.24) is 0 Å².